The lowest BCUT2D eigenvalue weighted by Crippen LogP contribution is -2.37. The third-order valence-electron chi connectivity index (χ3n) is 2.87. The zero-order chi connectivity index (χ0) is 16.0. The van der Waals surface area contributed by atoms with E-state index in [1.807, 2.05) is 6.07 Å². The maximum Gasteiger partial charge on any atom is 0.335 e. The number of nitrogens with one attached hydrogen (secondary N) is 1. The molecule has 1 rings (SSSR count). The van der Waals surface area contributed by atoms with Gasteiger partial charge in [-0.15, -0.1) is 0 Å². The largest absolute Gasteiger partial charge is 0.506 e. The number of amides is 2. The molecule has 0 aliphatic rings. The van der Waals surface area contributed by atoms with Crippen molar-refractivity contribution in [3.63, 3.8) is 0 Å². The van der Waals surface area contributed by atoms with Crippen LogP contribution < -0.4 is 5.32 Å². The number of aromatic hydroxyl groups is 1. The van der Waals surface area contributed by atoms with E-state index in [-0.39, 0.29) is 29.5 Å². The number of rotatable bonds is 5. The van der Waals surface area contributed by atoms with Gasteiger partial charge in [0.1, 0.15) is 5.75 Å². The van der Waals surface area contributed by atoms with Crippen LogP contribution in [-0.2, 0) is 0 Å². The summed E-state index contributed by atoms with van der Waals surface area (Å²) in [5.74, 6) is -1.80. The molecule has 7 nitrogen and oxygen atoms in total. The number of urea groups is 1. The molecule has 1 atom stereocenters. The van der Waals surface area contributed by atoms with Crippen molar-refractivity contribution < 1.29 is 19.8 Å². The quantitative estimate of drug-likeness (QED) is 0.719. The second-order valence-electron chi connectivity index (χ2n) is 4.54. The fourth-order valence-electron chi connectivity index (χ4n) is 1.69. The first-order chi connectivity index (χ1) is 9.88. The van der Waals surface area contributed by atoms with Crippen LogP contribution in [0.5, 0.6) is 5.75 Å². The monoisotopic (exact) mass is 291 g/mol. The molecule has 0 aromatic heterocycles. The number of hydrogen-bond acceptors (Lipinski definition) is 4. The van der Waals surface area contributed by atoms with Crippen LogP contribution in [0.15, 0.2) is 18.2 Å². The van der Waals surface area contributed by atoms with Crippen LogP contribution >= 0.6 is 0 Å². The van der Waals surface area contributed by atoms with Gasteiger partial charge < -0.3 is 20.4 Å². The second kappa shape index (κ2) is 7.14. The highest BCUT2D eigenvalue weighted by molar-refractivity contribution is 5.93. The van der Waals surface area contributed by atoms with Crippen LogP contribution in [0.2, 0.25) is 0 Å². The number of nitrogens with zero attached hydrogens (tertiary/aromatic N) is 2. The topological polar surface area (TPSA) is 114 Å². The van der Waals surface area contributed by atoms with Crippen LogP contribution in [-0.4, -0.2) is 40.2 Å². The van der Waals surface area contributed by atoms with Gasteiger partial charge in [0.2, 0.25) is 0 Å². The van der Waals surface area contributed by atoms with Gasteiger partial charge in [-0.25, -0.2) is 9.59 Å². The van der Waals surface area contributed by atoms with Gasteiger partial charge in [0.05, 0.1) is 23.2 Å². The minimum Gasteiger partial charge on any atom is -0.506 e. The Morgan fingerprint density at radius 1 is 1.48 bits per heavy atom. The summed E-state index contributed by atoms with van der Waals surface area (Å²) in [5.41, 5.74) is 0.0454. The molecule has 3 N–H and O–H groups in total. The highest BCUT2D eigenvalue weighted by Gasteiger charge is 2.16. The van der Waals surface area contributed by atoms with Gasteiger partial charge in [-0.05, 0) is 32.0 Å². The summed E-state index contributed by atoms with van der Waals surface area (Å²) >= 11 is 0. The number of nitriles is 1. The molecule has 0 saturated carbocycles. The number of carboxylic acids is 1. The summed E-state index contributed by atoms with van der Waals surface area (Å²) < 4.78 is 0. The number of benzene rings is 1. The van der Waals surface area contributed by atoms with Crippen molar-refractivity contribution in [2.24, 2.45) is 5.92 Å². The average molecular weight is 291 g/mol. The first-order valence-electron chi connectivity index (χ1n) is 6.40. The molecule has 1 unspecified atom stereocenters. The molecule has 0 heterocycles. The smallest absolute Gasteiger partial charge is 0.335 e. The predicted octanol–water partition coefficient (Wildman–Crippen LogP) is 2.10. The predicted molar refractivity (Wildman–Crippen MR) is 76.1 cm³/mol. The molecule has 0 fully saturated rings. The Morgan fingerprint density at radius 2 is 2.14 bits per heavy atom. The molecule has 0 aliphatic heterocycles. The zero-order valence-corrected chi connectivity index (χ0v) is 11.8. The van der Waals surface area contributed by atoms with Crippen LogP contribution in [0.4, 0.5) is 10.5 Å². The highest BCUT2D eigenvalue weighted by atomic mass is 16.4. The summed E-state index contributed by atoms with van der Waals surface area (Å²) in [5, 5.41) is 29.8. The molecule has 0 aliphatic carbocycles. The van der Waals surface area contributed by atoms with Gasteiger partial charge in [0.25, 0.3) is 0 Å². The van der Waals surface area contributed by atoms with E-state index in [1.165, 1.54) is 17.0 Å². The summed E-state index contributed by atoms with van der Waals surface area (Å²) in [6.45, 7) is 4.16. The Bertz CT molecular complexity index is 580. The Labute approximate surface area is 122 Å². The minimum absolute atomic E-state index is 0.0732. The molecule has 112 valence electrons. The van der Waals surface area contributed by atoms with Crippen LogP contribution in [0.3, 0.4) is 0 Å². The SMILES string of the molecule is CCN(CC(C)C#N)C(=O)Nc1ccc(C(=O)O)cc1O. The number of aromatic carboxylic acids is 1. The Kier molecular flexibility index (Phi) is 5.55. The Hall–Kier alpha value is -2.75. The first kappa shape index (κ1) is 16.3. The van der Waals surface area contributed by atoms with E-state index in [0.29, 0.717) is 6.54 Å². The fourth-order valence-corrected chi connectivity index (χ4v) is 1.69. The van der Waals surface area contributed by atoms with Crippen molar-refractivity contribution in [2.45, 2.75) is 13.8 Å². The highest BCUT2D eigenvalue weighted by Crippen LogP contribution is 2.24. The molecule has 7 heteroatoms. The number of hydrogen-bond donors (Lipinski definition) is 3. The van der Waals surface area contributed by atoms with Crippen LogP contribution in [0, 0.1) is 17.2 Å². The molecule has 0 bridgehead atoms. The van der Waals surface area contributed by atoms with E-state index in [4.69, 9.17) is 10.4 Å². The minimum atomic E-state index is -1.17. The van der Waals surface area contributed by atoms with Crippen LogP contribution in [0.25, 0.3) is 0 Å². The standard InChI is InChI=1S/C14H17N3O4/c1-3-17(8-9(2)7-15)14(21)16-11-5-4-10(13(19)20)6-12(11)18/h4-6,9,18H,3,8H2,1-2H3,(H,16,21)(H,19,20). The molecule has 21 heavy (non-hydrogen) atoms. The van der Waals surface area contributed by atoms with Gasteiger partial charge in [-0.2, -0.15) is 5.26 Å². The molecular weight excluding hydrogens is 274 g/mol. The van der Waals surface area contributed by atoms with Gasteiger partial charge in [0, 0.05) is 13.1 Å². The van der Waals surface area contributed by atoms with Gasteiger partial charge in [0.15, 0.2) is 0 Å². The molecule has 1 aromatic rings. The molecule has 0 radical (unpaired) electrons. The average Bonchev–Trinajstić information content (AvgIpc) is 2.46. The van der Waals surface area contributed by atoms with E-state index in [1.54, 1.807) is 13.8 Å². The van der Waals surface area contributed by atoms with E-state index in [9.17, 15) is 14.7 Å². The van der Waals surface area contributed by atoms with E-state index >= 15 is 0 Å². The van der Waals surface area contributed by atoms with Crippen molar-refractivity contribution >= 4 is 17.7 Å². The third-order valence-corrected chi connectivity index (χ3v) is 2.87. The lowest BCUT2D eigenvalue weighted by Gasteiger charge is -2.22. The lowest BCUT2D eigenvalue weighted by molar-refractivity contribution is 0.0696. The van der Waals surface area contributed by atoms with E-state index in [0.717, 1.165) is 6.07 Å². The number of carbonyl (C=O) groups excluding carboxylic acids is 1. The molecule has 0 saturated heterocycles. The Morgan fingerprint density at radius 3 is 2.62 bits per heavy atom. The van der Waals surface area contributed by atoms with Gasteiger partial charge in [-0.1, -0.05) is 0 Å². The van der Waals surface area contributed by atoms with E-state index < -0.39 is 12.0 Å². The molecule has 0 spiro atoms. The third kappa shape index (κ3) is 4.38. The molecule has 2 amide bonds. The van der Waals surface area contributed by atoms with Crippen molar-refractivity contribution in [3.8, 4) is 11.8 Å². The van der Waals surface area contributed by atoms with E-state index in [2.05, 4.69) is 5.32 Å². The summed E-state index contributed by atoms with van der Waals surface area (Å²) in [7, 11) is 0. The first-order valence-corrected chi connectivity index (χ1v) is 6.40. The number of carbonyl (C=O) groups is 2. The summed E-state index contributed by atoms with van der Waals surface area (Å²) in [6, 6.07) is 5.25. The Balaban J connectivity index is 2.82. The van der Waals surface area contributed by atoms with Crippen molar-refractivity contribution in [2.75, 3.05) is 18.4 Å². The van der Waals surface area contributed by atoms with Gasteiger partial charge >= 0.3 is 12.0 Å². The number of phenols is 1. The van der Waals surface area contributed by atoms with Crippen LogP contribution in [0.1, 0.15) is 24.2 Å². The van der Waals surface area contributed by atoms with Crippen molar-refractivity contribution in [3.05, 3.63) is 23.8 Å². The number of carboxylic acid groups (broad SMARTS) is 1. The summed E-state index contributed by atoms with van der Waals surface area (Å²) in [4.78, 5) is 24.2. The second-order valence-corrected chi connectivity index (χ2v) is 4.54. The number of anilines is 1. The summed E-state index contributed by atoms with van der Waals surface area (Å²) in [6.07, 6.45) is 0. The van der Waals surface area contributed by atoms with Crippen molar-refractivity contribution in [1.82, 2.24) is 4.90 Å². The maximum absolute atomic E-state index is 12.0. The maximum atomic E-state index is 12.0. The number of phenolic OH excluding ortho intramolecular Hbond substituents is 1. The van der Waals surface area contributed by atoms with Gasteiger partial charge in [-0.3, -0.25) is 0 Å². The molecule has 1 aromatic carbocycles. The molecular formula is C14H17N3O4. The lowest BCUT2D eigenvalue weighted by atomic mass is 10.2. The normalized spacial score (nSPS) is 11.3. The fraction of sp³-hybridized carbons (Fsp3) is 0.357. The zero-order valence-electron chi connectivity index (χ0n) is 11.8. The van der Waals surface area contributed by atoms with Crippen molar-refractivity contribution in [1.29, 1.82) is 5.26 Å².